The zero-order valence-corrected chi connectivity index (χ0v) is 58.3. The number of benzene rings is 5. The predicted octanol–water partition coefficient (Wildman–Crippen LogP) is 17.3. The Kier molecular flexibility index (Phi) is 38.4. The van der Waals surface area contributed by atoms with E-state index in [1.807, 2.05) is 149 Å². The first-order chi connectivity index (χ1) is 37.9. The molecule has 3 saturated heterocycles. The van der Waals surface area contributed by atoms with E-state index >= 15 is 0 Å². The van der Waals surface area contributed by atoms with Crippen molar-refractivity contribution in [3.8, 4) is 11.1 Å². The molecule has 0 unspecified atom stereocenters. The van der Waals surface area contributed by atoms with Gasteiger partial charge in [-0.3, -0.25) is 0 Å². The summed E-state index contributed by atoms with van der Waals surface area (Å²) in [4.78, 5) is 6.49. The van der Waals surface area contributed by atoms with Crippen LogP contribution in [0.4, 0.5) is 0 Å². The average Bonchev–Trinajstić information content (AvgIpc) is 3.90. The van der Waals surface area contributed by atoms with Gasteiger partial charge in [-0.1, -0.05) is 212 Å². The monoisotopic (exact) mass is 1180 g/mol. The number of rotatable bonds is 9. The molecule has 8 rings (SSSR count). The summed E-state index contributed by atoms with van der Waals surface area (Å²) < 4.78 is 37.1. The summed E-state index contributed by atoms with van der Waals surface area (Å²) in [6.07, 6.45) is 0. The Labute approximate surface area is 508 Å². The first-order valence-corrected chi connectivity index (χ1v) is 30.7. The number of aryl methyl sites for hydroxylation is 1. The van der Waals surface area contributed by atoms with Gasteiger partial charge in [0.1, 0.15) is 0 Å². The van der Waals surface area contributed by atoms with E-state index in [1.165, 1.54) is 33.4 Å². The second kappa shape index (κ2) is 39.1. The molecule has 9 nitrogen and oxygen atoms in total. The van der Waals surface area contributed by atoms with Crippen molar-refractivity contribution in [2.75, 3.05) is 42.3 Å². The van der Waals surface area contributed by atoms with Crippen molar-refractivity contribution in [3.63, 3.8) is 0 Å². The molecular weight excluding hydrogens is 1070 g/mol. The molecule has 0 amide bonds. The minimum Gasteiger partial charge on any atom is -0.405 e. The Hall–Kier alpha value is -3.59. The van der Waals surface area contributed by atoms with Crippen molar-refractivity contribution < 1.29 is 27.9 Å². The summed E-state index contributed by atoms with van der Waals surface area (Å²) in [5, 5.41) is 0. The van der Waals surface area contributed by atoms with E-state index in [0.717, 1.165) is 29.6 Å². The van der Waals surface area contributed by atoms with Crippen LogP contribution in [-0.4, -0.2) is 112 Å². The highest BCUT2D eigenvalue weighted by Crippen LogP contribution is 2.43. The summed E-state index contributed by atoms with van der Waals surface area (Å²) in [7, 11) is 11.2. The van der Waals surface area contributed by atoms with Gasteiger partial charge < -0.3 is 42.6 Å². The molecule has 5 aromatic carbocycles. The van der Waals surface area contributed by atoms with Crippen molar-refractivity contribution in [2.45, 2.75) is 212 Å². The zero-order chi connectivity index (χ0) is 63.0. The van der Waals surface area contributed by atoms with Gasteiger partial charge in [-0.25, -0.2) is 0 Å². The van der Waals surface area contributed by atoms with Gasteiger partial charge >= 0.3 is 21.1 Å². The Morgan fingerprint density at radius 1 is 0.333 bits per heavy atom. The van der Waals surface area contributed by atoms with Crippen LogP contribution in [0.25, 0.3) is 11.1 Å². The Morgan fingerprint density at radius 2 is 0.580 bits per heavy atom. The summed E-state index contributed by atoms with van der Waals surface area (Å²) in [5.41, 5.74) is 6.96. The smallest absolute Gasteiger partial charge is 0.405 e. The molecule has 3 heterocycles. The molecule has 0 N–H and O–H groups in total. The van der Waals surface area contributed by atoms with Crippen molar-refractivity contribution in [1.82, 2.24) is 14.7 Å². The predicted molar refractivity (Wildman–Crippen MR) is 360 cm³/mol. The lowest BCUT2D eigenvalue weighted by atomic mass is 9.49. The molecule has 0 saturated carbocycles. The third-order valence-electron chi connectivity index (χ3n) is 13.7. The SMILES string of the molecule is CC.CC.CC.CC.CC.CC1(C)OB(B2OC(C)(C)C(C)(C)O2)OC1(C)C.CN(C)Cc1ccc(-c2ccccc2)cc1.CN(C)Cc1ccc(B2OC(C)(C)C(C)(C)O2)cc1.CN(C)Cc1ccc(Br)cc1.Cc1ccccc1. The highest BCUT2D eigenvalue weighted by molar-refractivity contribution is 9.10. The van der Waals surface area contributed by atoms with E-state index in [9.17, 15) is 0 Å². The molecule has 81 heavy (non-hydrogen) atoms. The topological polar surface area (TPSA) is 65.1 Å². The summed E-state index contributed by atoms with van der Waals surface area (Å²) in [5.74, 6) is 0. The first kappa shape index (κ1) is 79.5. The standard InChI is InChI=1S/C15H24BNO2.C15H17N.C12H24B2O4.C9H12BrN.C7H8.5C2H6/c1-14(2)15(3,4)19-16(18-14)13-9-7-12(8-10-13)11-17(5)6;1-16(2)12-13-8-10-15(11-9-13)14-6-4-3-5-7-14;1-9(2)10(3,4)16-13(15-9)14-17-11(5,6)12(7,8)18-14;1-11(2)7-8-3-5-9(10)6-4-8;1-7-5-3-2-4-6-7;5*1-2/h7-10H,11H2,1-6H3;3-11H,12H2,1-2H3;1-8H3;3-6H,7H2,1-2H3;2-6H,1H3;5*1-2H3. The van der Waals surface area contributed by atoms with Crippen molar-refractivity contribution in [2.24, 2.45) is 0 Å². The number of nitrogens with zero attached hydrogens (tertiary/aromatic N) is 3. The maximum Gasteiger partial charge on any atom is 0.494 e. The van der Waals surface area contributed by atoms with Crippen LogP contribution in [0, 0.1) is 6.92 Å². The second-order valence-electron chi connectivity index (χ2n) is 22.6. The van der Waals surface area contributed by atoms with Crippen LogP contribution in [0.15, 0.2) is 138 Å². The fourth-order valence-electron chi connectivity index (χ4n) is 7.41. The van der Waals surface area contributed by atoms with Crippen LogP contribution in [0.5, 0.6) is 0 Å². The van der Waals surface area contributed by atoms with Gasteiger partial charge in [-0.05, 0) is 178 Å². The molecular formula is C68H115B3BrN3O6. The molecule has 3 aliphatic rings. The van der Waals surface area contributed by atoms with Crippen molar-refractivity contribution >= 4 is 42.5 Å². The molecule has 0 bridgehead atoms. The molecule has 0 aliphatic carbocycles. The van der Waals surface area contributed by atoms with E-state index in [4.69, 9.17) is 27.9 Å². The van der Waals surface area contributed by atoms with Crippen LogP contribution >= 0.6 is 15.9 Å². The largest absolute Gasteiger partial charge is 0.494 e. The molecule has 0 radical (unpaired) electrons. The Bertz CT molecular complexity index is 2250. The quantitative estimate of drug-likeness (QED) is 0.134. The minimum absolute atomic E-state index is 0.265. The lowest BCUT2D eigenvalue weighted by molar-refractivity contribution is 0.00578. The highest BCUT2D eigenvalue weighted by Gasteiger charge is 2.63. The maximum atomic E-state index is 6.04. The third kappa shape index (κ3) is 27.8. The van der Waals surface area contributed by atoms with Gasteiger partial charge in [0.15, 0.2) is 0 Å². The van der Waals surface area contributed by atoms with Crippen LogP contribution in [0.1, 0.15) is 175 Å². The molecule has 0 atom stereocenters. The van der Waals surface area contributed by atoms with Crippen LogP contribution in [-0.2, 0) is 47.6 Å². The van der Waals surface area contributed by atoms with E-state index < -0.39 is 14.0 Å². The van der Waals surface area contributed by atoms with Crippen LogP contribution in [0.3, 0.4) is 0 Å². The molecule has 13 heteroatoms. The van der Waals surface area contributed by atoms with Crippen molar-refractivity contribution in [3.05, 3.63) is 160 Å². The molecule has 3 aliphatic heterocycles. The lowest BCUT2D eigenvalue weighted by Gasteiger charge is -2.32. The molecule has 0 spiro atoms. The summed E-state index contributed by atoms with van der Waals surface area (Å²) in [6.45, 7) is 49.5. The molecule has 0 aromatic heterocycles. The van der Waals surface area contributed by atoms with E-state index in [-0.39, 0.29) is 40.7 Å². The minimum atomic E-state index is -0.476. The average molecular weight is 1180 g/mol. The van der Waals surface area contributed by atoms with Crippen LogP contribution in [0.2, 0.25) is 0 Å². The highest BCUT2D eigenvalue weighted by atomic mass is 79.9. The zero-order valence-electron chi connectivity index (χ0n) is 56.7. The third-order valence-corrected chi connectivity index (χ3v) is 14.2. The van der Waals surface area contributed by atoms with Crippen LogP contribution < -0.4 is 5.46 Å². The van der Waals surface area contributed by atoms with Crippen molar-refractivity contribution in [1.29, 1.82) is 0 Å². The van der Waals surface area contributed by atoms with Gasteiger partial charge in [0, 0.05) is 24.1 Å². The molecule has 454 valence electrons. The van der Waals surface area contributed by atoms with Gasteiger partial charge in [0.05, 0.1) is 33.6 Å². The number of hydrogen-bond acceptors (Lipinski definition) is 9. The normalized spacial score (nSPS) is 16.7. The summed E-state index contributed by atoms with van der Waals surface area (Å²) in [6, 6.07) is 46.4. The van der Waals surface area contributed by atoms with Gasteiger partial charge in [-0.2, -0.15) is 0 Å². The van der Waals surface area contributed by atoms with E-state index in [2.05, 4.69) is 217 Å². The Balaban J connectivity index is 0. The Morgan fingerprint density at radius 3 is 0.852 bits per heavy atom. The number of halogens is 1. The maximum absolute atomic E-state index is 6.04. The van der Waals surface area contributed by atoms with Gasteiger partial charge in [0.2, 0.25) is 0 Å². The van der Waals surface area contributed by atoms with E-state index in [0.29, 0.717) is 0 Å². The second-order valence-corrected chi connectivity index (χ2v) is 23.6. The van der Waals surface area contributed by atoms with E-state index in [1.54, 1.807) is 0 Å². The van der Waals surface area contributed by atoms with Gasteiger partial charge in [-0.15, -0.1) is 0 Å². The lowest BCUT2D eigenvalue weighted by Crippen LogP contribution is -2.41. The molecule has 5 aromatic rings. The first-order valence-electron chi connectivity index (χ1n) is 29.9. The number of hydrogen-bond donors (Lipinski definition) is 0. The molecule has 3 fully saturated rings. The fourth-order valence-corrected chi connectivity index (χ4v) is 7.68. The summed E-state index contributed by atoms with van der Waals surface area (Å²) >= 11 is 3.40. The fraction of sp³-hybridized carbons (Fsp3) is 0.559. The van der Waals surface area contributed by atoms with Gasteiger partial charge in [0.25, 0.3) is 0 Å².